The zero-order valence-electron chi connectivity index (χ0n) is 10.4. The van der Waals surface area contributed by atoms with E-state index in [4.69, 9.17) is 5.73 Å². The summed E-state index contributed by atoms with van der Waals surface area (Å²) in [6.07, 6.45) is -3.67. The third-order valence-corrected chi connectivity index (χ3v) is 2.57. The fraction of sp³-hybridized carbons (Fsp3) is 0.0769. The summed E-state index contributed by atoms with van der Waals surface area (Å²) in [5.74, 6) is -1.30. The first kappa shape index (κ1) is 14.8. The third-order valence-electron chi connectivity index (χ3n) is 2.57. The SMILES string of the molecule is Nc1cc(C(=O)Nc2ccc(C(F)(F)F)nc2)ccc1F. The normalized spacial score (nSPS) is 11.2. The molecule has 110 valence electrons. The molecule has 3 N–H and O–H groups in total. The van der Waals surface area contributed by atoms with Gasteiger partial charge in [-0.2, -0.15) is 13.2 Å². The molecule has 4 nitrogen and oxygen atoms in total. The average Bonchev–Trinajstić information content (AvgIpc) is 2.41. The van der Waals surface area contributed by atoms with Gasteiger partial charge < -0.3 is 11.1 Å². The number of carbonyl (C=O) groups excluding carboxylic acids is 1. The fourth-order valence-corrected chi connectivity index (χ4v) is 1.52. The summed E-state index contributed by atoms with van der Waals surface area (Å²) < 4.78 is 50.0. The fourth-order valence-electron chi connectivity index (χ4n) is 1.52. The van der Waals surface area contributed by atoms with Gasteiger partial charge in [-0.3, -0.25) is 4.79 Å². The number of alkyl halides is 3. The number of amides is 1. The van der Waals surface area contributed by atoms with Crippen LogP contribution in [0.2, 0.25) is 0 Å². The maximum atomic E-state index is 13.0. The highest BCUT2D eigenvalue weighted by Crippen LogP contribution is 2.27. The molecule has 0 saturated heterocycles. The Kier molecular flexibility index (Phi) is 3.79. The van der Waals surface area contributed by atoms with Crippen LogP contribution in [0, 0.1) is 5.82 Å². The van der Waals surface area contributed by atoms with Gasteiger partial charge in [0.1, 0.15) is 11.5 Å². The Morgan fingerprint density at radius 2 is 1.90 bits per heavy atom. The van der Waals surface area contributed by atoms with Crippen molar-refractivity contribution >= 4 is 17.3 Å². The number of nitrogens with one attached hydrogen (secondary N) is 1. The first-order valence-corrected chi connectivity index (χ1v) is 5.67. The highest BCUT2D eigenvalue weighted by atomic mass is 19.4. The highest BCUT2D eigenvalue weighted by molar-refractivity contribution is 6.04. The van der Waals surface area contributed by atoms with Crippen LogP contribution in [0.1, 0.15) is 16.1 Å². The van der Waals surface area contributed by atoms with Gasteiger partial charge in [0.05, 0.1) is 17.6 Å². The van der Waals surface area contributed by atoms with Crippen LogP contribution in [0.3, 0.4) is 0 Å². The molecule has 0 aliphatic carbocycles. The van der Waals surface area contributed by atoms with Gasteiger partial charge in [0.25, 0.3) is 5.91 Å². The average molecular weight is 299 g/mol. The number of rotatable bonds is 2. The van der Waals surface area contributed by atoms with E-state index in [0.29, 0.717) is 0 Å². The maximum Gasteiger partial charge on any atom is 0.433 e. The highest BCUT2D eigenvalue weighted by Gasteiger charge is 2.32. The van der Waals surface area contributed by atoms with Crippen LogP contribution in [0.5, 0.6) is 0 Å². The van der Waals surface area contributed by atoms with E-state index in [1.807, 2.05) is 0 Å². The number of nitrogens with two attached hydrogens (primary N) is 1. The Balaban J connectivity index is 2.14. The molecular weight excluding hydrogens is 290 g/mol. The van der Waals surface area contributed by atoms with Crippen molar-refractivity contribution in [3.05, 3.63) is 53.6 Å². The number of pyridine rings is 1. The molecule has 0 aliphatic rings. The predicted molar refractivity (Wildman–Crippen MR) is 68.0 cm³/mol. The van der Waals surface area contributed by atoms with Crippen molar-refractivity contribution in [2.45, 2.75) is 6.18 Å². The number of benzene rings is 1. The summed E-state index contributed by atoms with van der Waals surface area (Å²) in [6, 6.07) is 5.17. The number of hydrogen-bond acceptors (Lipinski definition) is 3. The molecule has 1 aromatic carbocycles. The number of aromatic nitrogens is 1. The van der Waals surface area contributed by atoms with Gasteiger partial charge in [0.2, 0.25) is 0 Å². The second kappa shape index (κ2) is 5.39. The van der Waals surface area contributed by atoms with Crippen molar-refractivity contribution in [3.8, 4) is 0 Å². The van der Waals surface area contributed by atoms with E-state index >= 15 is 0 Å². The molecule has 21 heavy (non-hydrogen) atoms. The molecule has 1 aromatic heterocycles. The first-order valence-electron chi connectivity index (χ1n) is 5.67. The lowest BCUT2D eigenvalue weighted by Crippen LogP contribution is -2.14. The zero-order valence-corrected chi connectivity index (χ0v) is 10.4. The van der Waals surface area contributed by atoms with Gasteiger partial charge in [-0.15, -0.1) is 0 Å². The predicted octanol–water partition coefficient (Wildman–Crippen LogP) is 3.07. The van der Waals surface area contributed by atoms with Gasteiger partial charge >= 0.3 is 6.18 Å². The number of hydrogen-bond donors (Lipinski definition) is 2. The van der Waals surface area contributed by atoms with E-state index in [-0.39, 0.29) is 16.9 Å². The first-order chi connectivity index (χ1) is 9.77. The monoisotopic (exact) mass is 299 g/mol. The van der Waals surface area contributed by atoms with Crippen LogP contribution in [-0.2, 0) is 6.18 Å². The number of nitrogens with zero attached hydrogens (tertiary/aromatic N) is 1. The topological polar surface area (TPSA) is 68.0 Å². The van der Waals surface area contributed by atoms with Gasteiger partial charge in [-0.1, -0.05) is 0 Å². The Hall–Kier alpha value is -2.64. The lowest BCUT2D eigenvalue weighted by atomic mass is 10.2. The molecule has 0 spiro atoms. The number of carbonyl (C=O) groups is 1. The smallest absolute Gasteiger partial charge is 0.396 e. The van der Waals surface area contributed by atoms with Crippen LogP contribution in [0.25, 0.3) is 0 Å². The molecule has 1 amide bonds. The summed E-state index contributed by atoms with van der Waals surface area (Å²) in [5, 5.41) is 2.34. The van der Waals surface area contributed by atoms with Crippen molar-refractivity contribution in [2.24, 2.45) is 0 Å². The van der Waals surface area contributed by atoms with Crippen molar-refractivity contribution in [1.82, 2.24) is 4.98 Å². The molecule has 0 saturated carbocycles. The molecule has 2 rings (SSSR count). The number of halogens is 4. The minimum absolute atomic E-state index is 0.0776. The summed E-state index contributed by atoms with van der Waals surface area (Å²) in [4.78, 5) is 15.0. The summed E-state index contributed by atoms with van der Waals surface area (Å²) in [6.45, 7) is 0. The standard InChI is InChI=1S/C13H9F4N3O/c14-9-3-1-7(5-10(9)18)12(21)20-8-2-4-11(19-6-8)13(15,16)17/h1-6H,18H2,(H,20,21). The van der Waals surface area contributed by atoms with Gasteiger partial charge in [0, 0.05) is 5.56 Å². The van der Waals surface area contributed by atoms with Gasteiger partial charge in [-0.05, 0) is 30.3 Å². The van der Waals surface area contributed by atoms with E-state index in [9.17, 15) is 22.4 Å². The number of anilines is 2. The molecule has 2 aromatic rings. The molecular formula is C13H9F4N3O. The van der Waals surface area contributed by atoms with Crippen molar-refractivity contribution in [2.75, 3.05) is 11.1 Å². The lowest BCUT2D eigenvalue weighted by molar-refractivity contribution is -0.141. The molecule has 8 heteroatoms. The van der Waals surface area contributed by atoms with Crippen LogP contribution in [0.15, 0.2) is 36.5 Å². The Morgan fingerprint density at radius 1 is 1.19 bits per heavy atom. The van der Waals surface area contributed by atoms with Crippen LogP contribution in [-0.4, -0.2) is 10.9 Å². The Morgan fingerprint density at radius 3 is 2.43 bits per heavy atom. The number of nitrogen functional groups attached to an aromatic ring is 1. The van der Waals surface area contributed by atoms with E-state index in [0.717, 1.165) is 30.5 Å². The van der Waals surface area contributed by atoms with E-state index < -0.39 is 23.6 Å². The maximum absolute atomic E-state index is 13.0. The quantitative estimate of drug-likeness (QED) is 0.661. The molecule has 0 fully saturated rings. The van der Waals surface area contributed by atoms with Crippen LogP contribution >= 0.6 is 0 Å². The minimum atomic E-state index is -4.55. The summed E-state index contributed by atoms with van der Waals surface area (Å²) in [7, 11) is 0. The van der Waals surface area contributed by atoms with Crippen molar-refractivity contribution in [1.29, 1.82) is 0 Å². The van der Waals surface area contributed by atoms with Crippen LogP contribution in [0.4, 0.5) is 28.9 Å². The van der Waals surface area contributed by atoms with E-state index in [2.05, 4.69) is 10.3 Å². The molecule has 0 atom stereocenters. The van der Waals surface area contributed by atoms with Crippen LogP contribution < -0.4 is 11.1 Å². The third kappa shape index (κ3) is 3.47. The second-order valence-corrected chi connectivity index (χ2v) is 4.12. The minimum Gasteiger partial charge on any atom is -0.396 e. The van der Waals surface area contributed by atoms with Gasteiger partial charge in [-0.25, -0.2) is 9.37 Å². The van der Waals surface area contributed by atoms with Crippen molar-refractivity contribution < 1.29 is 22.4 Å². The molecule has 0 bridgehead atoms. The van der Waals surface area contributed by atoms with Crippen molar-refractivity contribution in [3.63, 3.8) is 0 Å². The molecule has 0 radical (unpaired) electrons. The largest absolute Gasteiger partial charge is 0.433 e. The Labute approximate surface area is 116 Å². The van der Waals surface area contributed by atoms with E-state index in [1.54, 1.807) is 0 Å². The Bertz CT molecular complexity index is 668. The molecule has 0 unspecified atom stereocenters. The lowest BCUT2D eigenvalue weighted by Gasteiger charge is -2.08. The van der Waals surface area contributed by atoms with E-state index in [1.165, 1.54) is 6.07 Å². The second-order valence-electron chi connectivity index (χ2n) is 4.12. The molecule has 1 heterocycles. The molecule has 0 aliphatic heterocycles. The van der Waals surface area contributed by atoms with Gasteiger partial charge in [0.15, 0.2) is 0 Å². The summed E-state index contributed by atoms with van der Waals surface area (Å²) >= 11 is 0. The summed E-state index contributed by atoms with van der Waals surface area (Å²) in [5.41, 5.74) is 4.22. The zero-order chi connectivity index (χ0) is 15.6.